The van der Waals surface area contributed by atoms with Gasteiger partial charge in [-0.15, -0.1) is 0 Å². The molecule has 9 heteroatoms. The Morgan fingerprint density at radius 2 is 1.68 bits per heavy atom. The first-order valence-corrected chi connectivity index (χ1v) is 8.56. The lowest BCUT2D eigenvalue weighted by Gasteiger charge is -2.15. The van der Waals surface area contributed by atoms with Crippen molar-refractivity contribution in [3.63, 3.8) is 0 Å². The Labute approximate surface area is 162 Å². The number of nitrogens with one attached hydrogen (secondary N) is 1. The number of amides is 1. The summed E-state index contributed by atoms with van der Waals surface area (Å²) in [5, 5.41) is 14.0. The number of nitro benzene ring substituents is 1. The van der Waals surface area contributed by atoms with E-state index < -0.39 is 10.8 Å². The highest BCUT2D eigenvalue weighted by Gasteiger charge is 2.23. The molecule has 0 aliphatic carbocycles. The third-order valence-electron chi connectivity index (χ3n) is 3.76. The first-order chi connectivity index (χ1) is 13.4. The highest BCUT2D eigenvalue weighted by Crippen LogP contribution is 2.38. The van der Waals surface area contributed by atoms with Crippen LogP contribution in [0.25, 0.3) is 0 Å². The van der Waals surface area contributed by atoms with Crippen LogP contribution in [-0.4, -0.2) is 38.3 Å². The first-order valence-electron chi connectivity index (χ1n) is 8.56. The van der Waals surface area contributed by atoms with Crippen molar-refractivity contribution < 1.29 is 28.7 Å². The minimum atomic E-state index is -0.565. The molecular weight excluding hydrogens is 368 g/mol. The van der Waals surface area contributed by atoms with E-state index in [1.54, 1.807) is 26.0 Å². The van der Waals surface area contributed by atoms with Crippen molar-refractivity contribution >= 4 is 17.3 Å². The number of nitrogens with zero attached hydrogens (tertiary/aromatic N) is 1. The van der Waals surface area contributed by atoms with Gasteiger partial charge in [0.1, 0.15) is 17.2 Å². The lowest BCUT2D eigenvalue weighted by atomic mass is 10.1. The molecule has 0 spiro atoms. The van der Waals surface area contributed by atoms with E-state index in [2.05, 4.69) is 5.32 Å². The summed E-state index contributed by atoms with van der Waals surface area (Å²) in [6.07, 6.45) is 0. The Morgan fingerprint density at radius 3 is 2.25 bits per heavy atom. The van der Waals surface area contributed by atoms with Gasteiger partial charge >= 0.3 is 5.69 Å². The van der Waals surface area contributed by atoms with Crippen LogP contribution in [0.3, 0.4) is 0 Å². The minimum absolute atomic E-state index is 0.0314. The molecule has 0 saturated heterocycles. The van der Waals surface area contributed by atoms with Crippen LogP contribution in [0.2, 0.25) is 0 Å². The van der Waals surface area contributed by atoms with E-state index in [1.165, 1.54) is 32.4 Å². The predicted molar refractivity (Wildman–Crippen MR) is 103 cm³/mol. The molecule has 1 amide bonds. The van der Waals surface area contributed by atoms with Crippen LogP contribution >= 0.6 is 0 Å². The van der Waals surface area contributed by atoms with Gasteiger partial charge in [0.2, 0.25) is 0 Å². The normalized spacial score (nSPS) is 10.1. The van der Waals surface area contributed by atoms with Crippen LogP contribution in [0.15, 0.2) is 30.3 Å². The second-order valence-electron chi connectivity index (χ2n) is 5.46. The summed E-state index contributed by atoms with van der Waals surface area (Å²) >= 11 is 0. The van der Waals surface area contributed by atoms with Gasteiger partial charge in [0.05, 0.1) is 49.7 Å². The van der Waals surface area contributed by atoms with Crippen LogP contribution in [0, 0.1) is 10.1 Å². The molecular formula is C19H22N2O7. The van der Waals surface area contributed by atoms with E-state index in [0.29, 0.717) is 11.5 Å². The zero-order valence-corrected chi connectivity index (χ0v) is 16.1. The second-order valence-corrected chi connectivity index (χ2v) is 5.46. The molecule has 0 atom stereocenters. The van der Waals surface area contributed by atoms with E-state index in [9.17, 15) is 14.9 Å². The Bertz CT molecular complexity index is 868. The number of hydrogen-bond acceptors (Lipinski definition) is 7. The average Bonchev–Trinajstić information content (AvgIpc) is 2.69. The third kappa shape index (κ3) is 4.61. The lowest BCUT2D eigenvalue weighted by Crippen LogP contribution is -2.15. The smallest absolute Gasteiger partial charge is 0.314 e. The molecule has 2 aromatic carbocycles. The standard InChI is InChI=1S/C19H22N2O7/c1-5-27-17-11-15(21(23)24)18(28-6-2)10-14(17)20-19(22)13-9-12(25-3)7-8-16(13)26-4/h7-11H,5-6H2,1-4H3,(H,20,22). The number of benzene rings is 2. The summed E-state index contributed by atoms with van der Waals surface area (Å²) in [4.78, 5) is 23.6. The fourth-order valence-corrected chi connectivity index (χ4v) is 2.52. The van der Waals surface area contributed by atoms with Gasteiger partial charge in [-0.1, -0.05) is 0 Å². The molecule has 9 nitrogen and oxygen atoms in total. The van der Waals surface area contributed by atoms with Gasteiger partial charge in [0, 0.05) is 6.07 Å². The van der Waals surface area contributed by atoms with Gasteiger partial charge in [0.15, 0.2) is 5.75 Å². The van der Waals surface area contributed by atoms with Crippen LogP contribution in [0.5, 0.6) is 23.0 Å². The quantitative estimate of drug-likeness (QED) is 0.514. The number of carbonyl (C=O) groups is 1. The monoisotopic (exact) mass is 390 g/mol. The Kier molecular flexibility index (Phi) is 7.02. The first kappa shape index (κ1) is 20.8. The fourth-order valence-electron chi connectivity index (χ4n) is 2.52. The zero-order valence-electron chi connectivity index (χ0n) is 16.1. The Morgan fingerprint density at radius 1 is 1.00 bits per heavy atom. The average molecular weight is 390 g/mol. The Balaban J connectivity index is 2.48. The maximum absolute atomic E-state index is 12.8. The third-order valence-corrected chi connectivity index (χ3v) is 3.76. The molecule has 0 aromatic heterocycles. The van der Waals surface area contributed by atoms with Crippen molar-refractivity contribution in [3.8, 4) is 23.0 Å². The molecule has 0 heterocycles. The van der Waals surface area contributed by atoms with Crippen molar-refractivity contribution in [3.05, 3.63) is 46.0 Å². The van der Waals surface area contributed by atoms with Crippen LogP contribution < -0.4 is 24.3 Å². The highest BCUT2D eigenvalue weighted by atomic mass is 16.6. The van der Waals surface area contributed by atoms with E-state index in [-0.39, 0.29) is 41.7 Å². The molecule has 0 unspecified atom stereocenters. The number of anilines is 1. The molecule has 0 aliphatic heterocycles. The molecule has 0 fully saturated rings. The maximum Gasteiger partial charge on any atom is 0.314 e. The molecule has 2 rings (SSSR count). The Hall–Kier alpha value is -3.49. The van der Waals surface area contributed by atoms with Gasteiger partial charge in [-0.05, 0) is 32.0 Å². The molecule has 1 N–H and O–H groups in total. The van der Waals surface area contributed by atoms with Gasteiger partial charge in [-0.2, -0.15) is 0 Å². The number of methoxy groups -OCH3 is 2. The molecule has 0 radical (unpaired) electrons. The maximum atomic E-state index is 12.8. The largest absolute Gasteiger partial charge is 0.497 e. The number of ether oxygens (including phenoxy) is 4. The van der Waals surface area contributed by atoms with Crippen molar-refractivity contribution in [2.75, 3.05) is 32.8 Å². The highest BCUT2D eigenvalue weighted by molar-refractivity contribution is 6.07. The summed E-state index contributed by atoms with van der Waals surface area (Å²) < 4.78 is 21.2. The zero-order chi connectivity index (χ0) is 20.7. The van der Waals surface area contributed by atoms with Gasteiger partial charge in [0.25, 0.3) is 5.91 Å². The van der Waals surface area contributed by atoms with Crippen molar-refractivity contribution in [1.29, 1.82) is 0 Å². The van der Waals surface area contributed by atoms with Crippen LogP contribution in [0.1, 0.15) is 24.2 Å². The van der Waals surface area contributed by atoms with Gasteiger partial charge in [-0.3, -0.25) is 14.9 Å². The van der Waals surface area contributed by atoms with Gasteiger partial charge < -0.3 is 24.3 Å². The fraction of sp³-hybridized carbons (Fsp3) is 0.316. The van der Waals surface area contributed by atoms with Crippen LogP contribution in [-0.2, 0) is 0 Å². The number of hydrogen-bond donors (Lipinski definition) is 1. The van der Waals surface area contributed by atoms with E-state index >= 15 is 0 Å². The molecule has 0 aliphatic rings. The topological polar surface area (TPSA) is 109 Å². The van der Waals surface area contributed by atoms with E-state index in [0.717, 1.165) is 0 Å². The minimum Gasteiger partial charge on any atom is -0.497 e. The summed E-state index contributed by atoms with van der Waals surface area (Å²) in [6, 6.07) is 7.41. The molecule has 0 saturated carbocycles. The molecule has 150 valence electrons. The number of carbonyl (C=O) groups excluding carboxylic acids is 1. The van der Waals surface area contributed by atoms with Crippen molar-refractivity contribution in [1.82, 2.24) is 0 Å². The lowest BCUT2D eigenvalue weighted by molar-refractivity contribution is -0.385. The second kappa shape index (κ2) is 9.45. The molecule has 2 aromatic rings. The summed E-state index contributed by atoms with van der Waals surface area (Å²) in [5.74, 6) is 0.530. The summed E-state index contributed by atoms with van der Waals surface area (Å²) in [5.41, 5.74) is 0.230. The van der Waals surface area contributed by atoms with Crippen molar-refractivity contribution in [2.24, 2.45) is 0 Å². The SMILES string of the molecule is CCOc1cc([N+](=O)[O-])c(OCC)cc1NC(=O)c1cc(OC)ccc1OC. The molecule has 28 heavy (non-hydrogen) atoms. The van der Waals surface area contributed by atoms with Gasteiger partial charge in [-0.25, -0.2) is 0 Å². The summed E-state index contributed by atoms with van der Waals surface area (Å²) in [6.45, 7) is 3.93. The van der Waals surface area contributed by atoms with Crippen molar-refractivity contribution in [2.45, 2.75) is 13.8 Å². The van der Waals surface area contributed by atoms with E-state index in [4.69, 9.17) is 18.9 Å². The predicted octanol–water partition coefficient (Wildman–Crippen LogP) is 3.66. The molecule has 0 bridgehead atoms. The van der Waals surface area contributed by atoms with Crippen LogP contribution in [0.4, 0.5) is 11.4 Å². The number of rotatable bonds is 9. The summed E-state index contributed by atoms with van der Waals surface area (Å²) in [7, 11) is 2.94. The number of nitro groups is 1. The van der Waals surface area contributed by atoms with E-state index in [1.807, 2.05) is 0 Å².